The Bertz CT molecular complexity index is 585. The van der Waals surface area contributed by atoms with Gasteiger partial charge in [0, 0.05) is 0 Å². The van der Waals surface area contributed by atoms with Gasteiger partial charge in [-0.15, -0.1) is 0 Å². The third-order valence-electron chi connectivity index (χ3n) is 3.20. The van der Waals surface area contributed by atoms with Crippen LogP contribution < -0.4 is 11.2 Å². The Morgan fingerprint density at radius 3 is 2.65 bits per heavy atom. The SMILES string of the molecule is C[AsH]Cc1cn([C@H]2O[C@@H](CO)C(O)C2O)c(=O)[nH]c1=O. The number of aromatic amines is 1. The second kappa shape index (κ2) is 6.24. The second-order valence-electron chi connectivity index (χ2n) is 4.58. The van der Waals surface area contributed by atoms with Crippen molar-refractivity contribution in [3.05, 3.63) is 32.6 Å². The fourth-order valence-electron chi connectivity index (χ4n) is 2.14. The molecule has 2 heterocycles. The van der Waals surface area contributed by atoms with E-state index in [0.29, 0.717) is 10.8 Å². The average molecular weight is 348 g/mol. The summed E-state index contributed by atoms with van der Waals surface area (Å²) < 4.78 is 6.33. The molecule has 0 saturated carbocycles. The molecule has 1 aliphatic rings. The topological polar surface area (TPSA) is 125 Å². The molecular weight excluding hydrogens is 331 g/mol. The summed E-state index contributed by atoms with van der Waals surface area (Å²) in [5.74, 6) is 0. The molecule has 0 radical (unpaired) electrons. The Labute approximate surface area is 120 Å². The van der Waals surface area contributed by atoms with Crippen molar-refractivity contribution in [3.8, 4) is 0 Å². The summed E-state index contributed by atoms with van der Waals surface area (Å²) in [5.41, 5.74) is 1.31. The van der Waals surface area contributed by atoms with Crippen LogP contribution in [0.2, 0.25) is 5.71 Å². The number of hydrogen-bond acceptors (Lipinski definition) is 6. The molecule has 3 unspecified atom stereocenters. The van der Waals surface area contributed by atoms with Gasteiger partial charge in [-0.05, 0) is 0 Å². The minimum atomic E-state index is -1.35. The molecule has 1 aliphatic heterocycles. The van der Waals surface area contributed by atoms with Crippen molar-refractivity contribution in [1.29, 1.82) is 0 Å². The van der Waals surface area contributed by atoms with Gasteiger partial charge in [0.1, 0.15) is 0 Å². The first-order valence-corrected chi connectivity index (χ1v) is 9.69. The van der Waals surface area contributed by atoms with E-state index in [1.165, 1.54) is 6.20 Å². The number of H-pyrrole nitrogens is 1. The third kappa shape index (κ3) is 2.75. The number of aromatic nitrogens is 2. The van der Waals surface area contributed by atoms with E-state index in [1.807, 2.05) is 5.71 Å². The van der Waals surface area contributed by atoms with Crippen LogP contribution in [0.15, 0.2) is 15.8 Å². The van der Waals surface area contributed by atoms with Crippen molar-refractivity contribution in [1.82, 2.24) is 9.55 Å². The first-order chi connectivity index (χ1) is 9.49. The average Bonchev–Trinajstić information content (AvgIpc) is 2.70. The van der Waals surface area contributed by atoms with Gasteiger partial charge in [-0.1, -0.05) is 0 Å². The molecule has 112 valence electrons. The van der Waals surface area contributed by atoms with E-state index in [1.54, 1.807) is 0 Å². The number of rotatable bonds is 4. The molecule has 8 nitrogen and oxygen atoms in total. The van der Waals surface area contributed by atoms with Crippen LogP contribution in [0.5, 0.6) is 0 Å². The van der Waals surface area contributed by atoms with Crippen LogP contribution in [0.1, 0.15) is 11.8 Å². The molecule has 0 aromatic carbocycles. The molecule has 1 aromatic rings. The van der Waals surface area contributed by atoms with Crippen LogP contribution >= 0.6 is 0 Å². The Morgan fingerprint density at radius 2 is 2.10 bits per heavy atom. The maximum atomic E-state index is 11.8. The quantitative estimate of drug-likeness (QED) is 0.434. The van der Waals surface area contributed by atoms with Crippen LogP contribution in [0.3, 0.4) is 0 Å². The van der Waals surface area contributed by atoms with Crippen molar-refractivity contribution in [2.24, 2.45) is 0 Å². The summed E-state index contributed by atoms with van der Waals surface area (Å²) in [7, 11) is 0. The van der Waals surface area contributed by atoms with E-state index in [9.17, 15) is 19.8 Å². The number of nitrogens with one attached hydrogen (secondary N) is 1. The number of aliphatic hydroxyl groups is 3. The van der Waals surface area contributed by atoms with Gasteiger partial charge in [-0.2, -0.15) is 0 Å². The standard InChI is InChI=1S/C11H17AsN2O6/c1-12-2-5-3-14(11(19)13-9(5)18)10-8(17)7(16)6(4-15)20-10/h3,6-8,10,12,15-17H,2,4H2,1H3,(H,13,18,19)/t6-,7?,8?,10-/m0/s1. The third-order valence-corrected chi connectivity index (χ3v) is 4.74. The van der Waals surface area contributed by atoms with Gasteiger partial charge in [-0.25, -0.2) is 0 Å². The van der Waals surface area contributed by atoms with Crippen molar-refractivity contribution < 1.29 is 20.1 Å². The van der Waals surface area contributed by atoms with Gasteiger partial charge >= 0.3 is 120 Å². The molecule has 0 amide bonds. The number of nitrogens with zero attached hydrogens (tertiary/aromatic N) is 1. The minimum absolute atomic E-state index is 0.308. The van der Waals surface area contributed by atoms with Gasteiger partial charge in [0.2, 0.25) is 0 Å². The summed E-state index contributed by atoms with van der Waals surface area (Å²) in [6, 6.07) is 0. The van der Waals surface area contributed by atoms with Gasteiger partial charge in [-0.3, -0.25) is 0 Å². The van der Waals surface area contributed by atoms with Crippen LogP contribution in [-0.2, 0) is 9.95 Å². The van der Waals surface area contributed by atoms with Crippen molar-refractivity contribution in [3.63, 3.8) is 0 Å². The molecule has 1 fully saturated rings. The van der Waals surface area contributed by atoms with E-state index in [4.69, 9.17) is 9.84 Å². The Balaban J connectivity index is 2.40. The Kier molecular flexibility index (Phi) is 4.82. The summed E-state index contributed by atoms with van der Waals surface area (Å²) in [6.07, 6.45) is -3.36. The van der Waals surface area contributed by atoms with E-state index in [-0.39, 0.29) is 15.8 Å². The van der Waals surface area contributed by atoms with Crippen molar-refractivity contribution in [2.45, 2.75) is 35.5 Å². The zero-order chi connectivity index (χ0) is 14.9. The molecule has 9 heteroatoms. The van der Waals surface area contributed by atoms with E-state index in [2.05, 4.69) is 4.98 Å². The predicted molar refractivity (Wildman–Crippen MR) is 71.0 cm³/mol. The molecule has 1 aromatic heterocycles. The molecule has 20 heavy (non-hydrogen) atoms. The Hall–Kier alpha value is -0.922. The van der Waals surface area contributed by atoms with Gasteiger partial charge < -0.3 is 0 Å². The van der Waals surface area contributed by atoms with Gasteiger partial charge in [0.15, 0.2) is 0 Å². The Morgan fingerprint density at radius 1 is 1.40 bits per heavy atom. The maximum absolute atomic E-state index is 11.8. The van der Waals surface area contributed by atoms with Crippen LogP contribution in [-0.4, -0.2) is 65.5 Å². The molecule has 0 bridgehead atoms. The number of ether oxygens (including phenoxy) is 1. The zero-order valence-electron chi connectivity index (χ0n) is 10.8. The summed E-state index contributed by atoms with van der Waals surface area (Å²) >= 11 is -0.308. The molecule has 4 N–H and O–H groups in total. The number of hydrogen-bond donors (Lipinski definition) is 4. The van der Waals surface area contributed by atoms with Gasteiger partial charge in [0.25, 0.3) is 0 Å². The fraction of sp³-hybridized carbons (Fsp3) is 0.636. The number of aliphatic hydroxyl groups excluding tert-OH is 3. The van der Waals surface area contributed by atoms with Crippen molar-refractivity contribution in [2.75, 3.05) is 6.61 Å². The molecule has 1 saturated heterocycles. The van der Waals surface area contributed by atoms with Crippen LogP contribution in [0.25, 0.3) is 0 Å². The molecule has 0 aliphatic carbocycles. The molecule has 5 atom stereocenters. The molecular formula is C11H17AsN2O6. The van der Waals surface area contributed by atoms with Crippen LogP contribution in [0.4, 0.5) is 0 Å². The second-order valence-corrected chi connectivity index (χ2v) is 6.81. The first-order valence-electron chi connectivity index (χ1n) is 6.11. The molecule has 2 rings (SSSR count). The van der Waals surface area contributed by atoms with E-state index >= 15 is 0 Å². The monoisotopic (exact) mass is 348 g/mol. The summed E-state index contributed by atoms with van der Waals surface area (Å²) in [5, 5.41) is 29.2. The summed E-state index contributed by atoms with van der Waals surface area (Å²) in [4.78, 5) is 25.6. The summed E-state index contributed by atoms with van der Waals surface area (Å²) in [6.45, 7) is -0.471. The fourth-order valence-corrected chi connectivity index (χ4v) is 3.47. The zero-order valence-corrected chi connectivity index (χ0v) is 12.9. The molecule has 0 spiro atoms. The van der Waals surface area contributed by atoms with Crippen molar-refractivity contribution >= 4 is 15.8 Å². The van der Waals surface area contributed by atoms with E-state index in [0.717, 1.165) is 4.57 Å². The van der Waals surface area contributed by atoms with Gasteiger partial charge in [0.05, 0.1) is 0 Å². The van der Waals surface area contributed by atoms with E-state index < -0.39 is 42.4 Å². The predicted octanol–water partition coefficient (Wildman–Crippen LogP) is -2.87. The first kappa shape index (κ1) is 15.5. The van der Waals surface area contributed by atoms with Crippen LogP contribution in [0, 0.1) is 0 Å². The normalized spacial score (nSPS) is 30.4.